The van der Waals surface area contributed by atoms with Crippen molar-refractivity contribution in [1.82, 2.24) is 0 Å². The Hall–Kier alpha value is -1.71. The fraction of sp³-hybridized carbons (Fsp3) is 0.182. The lowest BCUT2D eigenvalue weighted by molar-refractivity contribution is 0.0191. The monoisotopic (exact) mass is 210 g/mol. The maximum Gasteiger partial charge on any atom is 0.271 e. The molecule has 0 aliphatic rings. The van der Waals surface area contributed by atoms with E-state index in [1.165, 1.54) is 18.2 Å². The van der Waals surface area contributed by atoms with Gasteiger partial charge in [0.05, 0.1) is 0 Å². The molecule has 15 heavy (non-hydrogen) atoms. The average Bonchev–Trinajstić information content (AvgIpc) is 2.57. The zero-order valence-corrected chi connectivity index (χ0v) is 7.96. The van der Waals surface area contributed by atoms with Gasteiger partial charge < -0.3 is 4.42 Å². The van der Waals surface area contributed by atoms with E-state index in [1.54, 1.807) is 6.07 Å². The molecule has 1 aromatic carbocycles. The molecule has 1 aromatic heterocycles. The van der Waals surface area contributed by atoms with E-state index >= 15 is 0 Å². The zero-order chi connectivity index (χ0) is 11.1. The highest BCUT2D eigenvalue weighted by atomic mass is 19.3. The van der Waals surface area contributed by atoms with Crippen molar-refractivity contribution < 1.29 is 18.0 Å². The summed E-state index contributed by atoms with van der Waals surface area (Å²) in [6.07, 6.45) is 0.498. The molecule has 0 aliphatic heterocycles. The van der Waals surface area contributed by atoms with E-state index in [9.17, 15) is 13.6 Å². The van der Waals surface area contributed by atoms with Crippen LogP contribution in [-0.2, 0) is 5.92 Å². The van der Waals surface area contributed by atoms with E-state index in [0.29, 0.717) is 11.9 Å². The third-order valence-corrected chi connectivity index (χ3v) is 2.17. The van der Waals surface area contributed by atoms with Crippen LogP contribution in [0, 0.1) is 0 Å². The van der Waals surface area contributed by atoms with Crippen molar-refractivity contribution in [2.75, 3.05) is 0 Å². The molecule has 0 spiro atoms. The Morgan fingerprint density at radius 1 is 1.40 bits per heavy atom. The Bertz CT molecular complexity index is 509. The van der Waals surface area contributed by atoms with Gasteiger partial charge in [-0.1, -0.05) is 12.1 Å². The summed E-state index contributed by atoms with van der Waals surface area (Å²) in [6.45, 7) is 0.815. The van der Waals surface area contributed by atoms with Crippen LogP contribution in [0.4, 0.5) is 8.78 Å². The smallest absolute Gasteiger partial charge is 0.271 e. The number of hydrogen-bond donors (Lipinski definition) is 0. The van der Waals surface area contributed by atoms with E-state index < -0.39 is 5.92 Å². The van der Waals surface area contributed by atoms with Gasteiger partial charge in [0.2, 0.25) is 0 Å². The van der Waals surface area contributed by atoms with Crippen molar-refractivity contribution >= 4 is 17.3 Å². The Balaban J connectivity index is 2.75. The lowest BCUT2D eigenvalue weighted by atomic mass is 10.1. The van der Waals surface area contributed by atoms with Crippen molar-refractivity contribution in [3.63, 3.8) is 0 Å². The normalized spacial score (nSPS) is 11.9. The summed E-state index contributed by atoms with van der Waals surface area (Å²) in [5.41, 5.74) is 0.174. The number of halogens is 2. The van der Waals surface area contributed by atoms with Crippen LogP contribution in [0.2, 0.25) is 0 Å². The lowest BCUT2D eigenvalue weighted by Gasteiger charge is -2.10. The number of alkyl halides is 2. The van der Waals surface area contributed by atoms with Crippen LogP contribution in [0.5, 0.6) is 0 Å². The van der Waals surface area contributed by atoms with Gasteiger partial charge >= 0.3 is 0 Å². The first-order valence-corrected chi connectivity index (χ1v) is 4.38. The van der Waals surface area contributed by atoms with Gasteiger partial charge in [-0.3, -0.25) is 4.79 Å². The van der Waals surface area contributed by atoms with Crippen LogP contribution in [0.25, 0.3) is 11.0 Å². The summed E-state index contributed by atoms with van der Waals surface area (Å²) in [5.74, 6) is -2.88. The van der Waals surface area contributed by atoms with Gasteiger partial charge in [0.25, 0.3) is 5.92 Å². The fourth-order valence-electron chi connectivity index (χ4n) is 1.52. The van der Waals surface area contributed by atoms with Crippen LogP contribution >= 0.6 is 0 Å². The molecular weight excluding hydrogens is 202 g/mol. The summed E-state index contributed by atoms with van der Waals surface area (Å²) in [7, 11) is 0. The highest BCUT2D eigenvalue weighted by Gasteiger charge is 2.27. The van der Waals surface area contributed by atoms with Crippen LogP contribution in [0.15, 0.2) is 28.7 Å². The molecule has 78 valence electrons. The molecule has 0 amide bonds. The van der Waals surface area contributed by atoms with Gasteiger partial charge in [-0.15, -0.1) is 0 Å². The van der Waals surface area contributed by atoms with Crippen LogP contribution < -0.4 is 0 Å². The Morgan fingerprint density at radius 3 is 2.73 bits per heavy atom. The van der Waals surface area contributed by atoms with E-state index in [1.807, 2.05) is 0 Å². The minimum atomic E-state index is -2.94. The van der Waals surface area contributed by atoms with Gasteiger partial charge in [0, 0.05) is 17.9 Å². The highest BCUT2D eigenvalue weighted by molar-refractivity contribution is 5.87. The van der Waals surface area contributed by atoms with Gasteiger partial charge in [0.1, 0.15) is 5.58 Å². The number of fused-ring (bicyclic) bond motifs is 1. The van der Waals surface area contributed by atoms with Crippen molar-refractivity contribution in [2.45, 2.75) is 12.8 Å². The molecule has 0 aliphatic carbocycles. The van der Waals surface area contributed by atoms with Gasteiger partial charge in [-0.05, 0) is 12.1 Å². The van der Waals surface area contributed by atoms with Crippen molar-refractivity contribution in [2.24, 2.45) is 0 Å². The molecule has 4 heteroatoms. The summed E-state index contributed by atoms with van der Waals surface area (Å²) in [5, 5.41) is 0.284. The topological polar surface area (TPSA) is 30.2 Å². The quantitative estimate of drug-likeness (QED) is 0.711. The Kier molecular flexibility index (Phi) is 2.07. The maximum atomic E-state index is 13.2. The molecule has 2 rings (SSSR count). The van der Waals surface area contributed by atoms with Gasteiger partial charge in [-0.25, -0.2) is 8.78 Å². The van der Waals surface area contributed by atoms with E-state index in [-0.39, 0.29) is 16.7 Å². The molecule has 2 nitrogen and oxygen atoms in total. The molecule has 0 saturated heterocycles. The molecular formula is C11H8F2O2. The molecule has 0 N–H and O–H groups in total. The number of aldehydes is 1. The van der Waals surface area contributed by atoms with Crippen molar-refractivity contribution in [3.05, 3.63) is 35.6 Å². The first-order chi connectivity index (χ1) is 7.02. The molecule has 0 radical (unpaired) electrons. The molecule has 2 aromatic rings. The SMILES string of the molecule is CC(F)(F)c1cccc2oc(C=O)cc12. The van der Waals surface area contributed by atoms with Gasteiger partial charge in [0.15, 0.2) is 12.0 Å². The molecule has 0 unspecified atom stereocenters. The number of benzene rings is 1. The maximum absolute atomic E-state index is 13.2. The average molecular weight is 210 g/mol. The van der Waals surface area contributed by atoms with E-state index in [4.69, 9.17) is 4.42 Å². The number of hydrogen-bond acceptors (Lipinski definition) is 2. The summed E-state index contributed by atoms with van der Waals surface area (Å²) in [4.78, 5) is 10.5. The second-order valence-electron chi connectivity index (χ2n) is 3.37. The minimum Gasteiger partial charge on any atom is -0.453 e. The number of carbonyl (C=O) groups excluding carboxylic acids is 1. The zero-order valence-electron chi connectivity index (χ0n) is 7.96. The molecule has 0 atom stereocenters. The van der Waals surface area contributed by atoms with E-state index in [0.717, 1.165) is 6.92 Å². The van der Waals surface area contributed by atoms with Crippen molar-refractivity contribution in [1.29, 1.82) is 0 Å². The predicted octanol–water partition coefficient (Wildman–Crippen LogP) is 3.36. The van der Waals surface area contributed by atoms with Crippen LogP contribution in [0.3, 0.4) is 0 Å². The minimum absolute atomic E-state index is 0.0571. The first-order valence-electron chi connectivity index (χ1n) is 4.38. The first kappa shape index (κ1) is 9.83. The third kappa shape index (κ3) is 1.63. The third-order valence-electron chi connectivity index (χ3n) is 2.17. The molecule has 0 saturated carbocycles. The predicted molar refractivity (Wildman–Crippen MR) is 51.2 cm³/mol. The lowest BCUT2D eigenvalue weighted by Crippen LogP contribution is -2.06. The second-order valence-corrected chi connectivity index (χ2v) is 3.37. The standard InChI is InChI=1S/C11H8F2O2/c1-11(12,13)9-3-2-4-10-8(9)5-7(6-14)15-10/h2-6H,1H3. The largest absolute Gasteiger partial charge is 0.453 e. The van der Waals surface area contributed by atoms with Crippen LogP contribution in [-0.4, -0.2) is 6.29 Å². The Labute approximate surface area is 84.5 Å². The summed E-state index contributed by atoms with van der Waals surface area (Å²) in [6, 6.07) is 5.69. The van der Waals surface area contributed by atoms with Crippen LogP contribution in [0.1, 0.15) is 23.0 Å². The molecule has 0 bridgehead atoms. The fourth-order valence-corrected chi connectivity index (χ4v) is 1.52. The molecule has 0 fully saturated rings. The summed E-state index contributed by atoms with van der Waals surface area (Å²) < 4.78 is 31.4. The van der Waals surface area contributed by atoms with E-state index in [2.05, 4.69) is 0 Å². The number of furan rings is 1. The second kappa shape index (κ2) is 3.15. The highest BCUT2D eigenvalue weighted by Crippen LogP contribution is 2.34. The van der Waals surface area contributed by atoms with Gasteiger partial charge in [-0.2, -0.15) is 0 Å². The van der Waals surface area contributed by atoms with Crippen molar-refractivity contribution in [3.8, 4) is 0 Å². The summed E-state index contributed by atoms with van der Waals surface area (Å²) >= 11 is 0. The Morgan fingerprint density at radius 2 is 2.13 bits per heavy atom. The number of rotatable bonds is 2. The molecule has 1 heterocycles. The number of carbonyl (C=O) groups is 1.